The maximum atomic E-state index is 13.4. The molecule has 1 aromatic carbocycles. The summed E-state index contributed by atoms with van der Waals surface area (Å²) in [6, 6.07) is 6.52. The molecule has 0 fully saturated rings. The van der Waals surface area contributed by atoms with Crippen LogP contribution in [0.2, 0.25) is 0 Å². The number of aryl methyl sites for hydroxylation is 1. The normalized spacial score (nSPS) is 12.8. The molecule has 0 bridgehead atoms. The highest BCUT2D eigenvalue weighted by Gasteiger charge is 2.15. The number of thiophene rings is 1. The molecule has 1 N–H and O–H groups in total. The Morgan fingerprint density at radius 3 is 2.47 bits per heavy atom. The van der Waals surface area contributed by atoms with E-state index in [0.29, 0.717) is 10.0 Å². The second kappa shape index (κ2) is 5.18. The van der Waals surface area contributed by atoms with E-state index in [-0.39, 0.29) is 5.82 Å². The number of hydrogen-bond acceptors (Lipinski definition) is 2. The van der Waals surface area contributed by atoms with E-state index in [9.17, 15) is 9.50 Å². The summed E-state index contributed by atoms with van der Waals surface area (Å²) in [5, 5.41) is 10.2. The fourth-order valence-electron chi connectivity index (χ4n) is 1.46. The molecule has 1 nitrogen and oxygen atoms in total. The van der Waals surface area contributed by atoms with Crippen molar-refractivity contribution in [1.29, 1.82) is 0 Å². The van der Waals surface area contributed by atoms with Crippen LogP contribution in [0.25, 0.3) is 0 Å². The predicted molar refractivity (Wildman–Crippen MR) is 74.9 cm³/mol. The van der Waals surface area contributed by atoms with Crippen molar-refractivity contribution in [1.82, 2.24) is 0 Å². The van der Waals surface area contributed by atoms with E-state index in [1.807, 2.05) is 13.0 Å². The van der Waals surface area contributed by atoms with Crippen LogP contribution in [0.1, 0.15) is 21.4 Å². The van der Waals surface area contributed by atoms with Crippen LogP contribution in [0, 0.1) is 12.7 Å². The van der Waals surface area contributed by atoms with Gasteiger partial charge in [0.1, 0.15) is 11.9 Å². The summed E-state index contributed by atoms with van der Waals surface area (Å²) in [4.78, 5) is 1.90. The molecule has 17 heavy (non-hydrogen) atoms. The fraction of sp³-hybridized carbons (Fsp3) is 0.167. The lowest BCUT2D eigenvalue weighted by molar-refractivity contribution is 0.223. The monoisotopic (exact) mass is 378 g/mol. The number of benzene rings is 1. The zero-order valence-electron chi connectivity index (χ0n) is 8.88. The Hall–Kier alpha value is -0.230. The van der Waals surface area contributed by atoms with E-state index in [1.54, 1.807) is 12.1 Å². The van der Waals surface area contributed by atoms with Gasteiger partial charge in [0.2, 0.25) is 0 Å². The summed E-state index contributed by atoms with van der Waals surface area (Å²) in [5.41, 5.74) is 0.555. The van der Waals surface area contributed by atoms with Crippen LogP contribution < -0.4 is 0 Å². The minimum Gasteiger partial charge on any atom is -0.383 e. The van der Waals surface area contributed by atoms with Gasteiger partial charge < -0.3 is 5.11 Å². The zero-order valence-corrected chi connectivity index (χ0v) is 12.9. The first kappa shape index (κ1) is 13.2. The number of aliphatic hydroxyl groups excluding tert-OH is 1. The van der Waals surface area contributed by atoms with Crippen molar-refractivity contribution in [2.45, 2.75) is 13.0 Å². The molecule has 0 aliphatic heterocycles. The summed E-state index contributed by atoms with van der Waals surface area (Å²) in [5.74, 6) is -0.367. The van der Waals surface area contributed by atoms with Crippen molar-refractivity contribution in [2.75, 3.05) is 0 Å². The molecule has 90 valence electrons. The number of rotatable bonds is 2. The minimum atomic E-state index is -0.785. The SMILES string of the molecule is Cc1sc(C(O)c2ccc(Br)c(F)c2)cc1Br. The molecular weight excluding hydrogens is 371 g/mol. The first-order valence-corrected chi connectivity index (χ1v) is 7.28. The largest absolute Gasteiger partial charge is 0.383 e. The minimum absolute atomic E-state index is 0.367. The maximum Gasteiger partial charge on any atom is 0.137 e. The van der Waals surface area contributed by atoms with Gasteiger partial charge in [0.15, 0.2) is 0 Å². The predicted octanol–water partition coefficient (Wildman–Crippen LogP) is 4.80. The Balaban J connectivity index is 2.36. The van der Waals surface area contributed by atoms with Gasteiger partial charge in [-0.3, -0.25) is 0 Å². The molecule has 1 aromatic heterocycles. The lowest BCUT2D eigenvalue weighted by atomic mass is 10.1. The van der Waals surface area contributed by atoms with Crippen LogP contribution in [-0.4, -0.2) is 5.11 Å². The summed E-state index contributed by atoms with van der Waals surface area (Å²) < 4.78 is 14.7. The van der Waals surface area contributed by atoms with Crippen LogP contribution >= 0.6 is 43.2 Å². The van der Waals surface area contributed by atoms with Crippen LogP contribution in [0.5, 0.6) is 0 Å². The van der Waals surface area contributed by atoms with E-state index >= 15 is 0 Å². The number of hydrogen-bond donors (Lipinski definition) is 1. The van der Waals surface area contributed by atoms with Gasteiger partial charge in [-0.1, -0.05) is 6.07 Å². The van der Waals surface area contributed by atoms with Crippen molar-refractivity contribution in [2.24, 2.45) is 0 Å². The topological polar surface area (TPSA) is 20.2 Å². The molecular formula is C12H9Br2FOS. The lowest BCUT2D eigenvalue weighted by Gasteiger charge is -2.09. The number of halogens is 3. The van der Waals surface area contributed by atoms with E-state index < -0.39 is 6.10 Å². The van der Waals surface area contributed by atoms with Crippen LogP contribution in [-0.2, 0) is 0 Å². The van der Waals surface area contributed by atoms with E-state index in [0.717, 1.165) is 14.2 Å². The van der Waals surface area contributed by atoms with Crippen molar-refractivity contribution < 1.29 is 9.50 Å². The van der Waals surface area contributed by atoms with Gasteiger partial charge in [-0.15, -0.1) is 11.3 Å². The first-order valence-electron chi connectivity index (χ1n) is 4.88. The van der Waals surface area contributed by atoms with Crippen LogP contribution in [0.4, 0.5) is 4.39 Å². The Morgan fingerprint density at radius 1 is 1.24 bits per heavy atom. The molecule has 0 amide bonds. The summed E-state index contributed by atoms with van der Waals surface area (Å²) in [6.45, 7) is 1.97. The van der Waals surface area contributed by atoms with Crippen LogP contribution in [0.15, 0.2) is 33.2 Å². The van der Waals surface area contributed by atoms with E-state index in [4.69, 9.17) is 0 Å². The maximum absolute atomic E-state index is 13.4. The van der Waals surface area contributed by atoms with Crippen LogP contribution in [0.3, 0.4) is 0 Å². The second-order valence-electron chi connectivity index (χ2n) is 3.63. The Bertz CT molecular complexity index is 534. The lowest BCUT2D eigenvalue weighted by Crippen LogP contribution is -1.97. The van der Waals surface area contributed by atoms with E-state index in [1.165, 1.54) is 17.4 Å². The van der Waals surface area contributed by atoms with Gasteiger partial charge in [0.05, 0.1) is 4.47 Å². The molecule has 2 aromatic rings. The smallest absolute Gasteiger partial charge is 0.137 e. The Labute approximate surface area is 120 Å². The van der Waals surface area contributed by atoms with Gasteiger partial charge in [0.25, 0.3) is 0 Å². The molecule has 0 aliphatic rings. The van der Waals surface area contributed by atoms with Crippen molar-refractivity contribution in [3.63, 3.8) is 0 Å². The standard InChI is InChI=1S/C12H9Br2FOS/c1-6-9(14)5-11(17-6)12(16)7-2-3-8(13)10(15)4-7/h2-5,12,16H,1H3. The van der Waals surface area contributed by atoms with Crippen molar-refractivity contribution in [3.8, 4) is 0 Å². The quantitative estimate of drug-likeness (QED) is 0.794. The van der Waals surface area contributed by atoms with Gasteiger partial charge >= 0.3 is 0 Å². The third-order valence-corrected chi connectivity index (χ3v) is 5.24. The third-order valence-electron chi connectivity index (χ3n) is 2.41. The molecule has 2 rings (SSSR count). The fourth-order valence-corrected chi connectivity index (χ4v) is 3.29. The second-order valence-corrected chi connectivity index (χ2v) is 6.63. The Morgan fingerprint density at radius 2 is 1.94 bits per heavy atom. The van der Waals surface area contributed by atoms with Crippen molar-refractivity contribution >= 4 is 43.2 Å². The van der Waals surface area contributed by atoms with Gasteiger partial charge in [-0.05, 0) is 62.5 Å². The molecule has 5 heteroatoms. The van der Waals surface area contributed by atoms with Crippen molar-refractivity contribution in [3.05, 3.63) is 54.3 Å². The first-order chi connectivity index (χ1) is 7.99. The molecule has 0 saturated carbocycles. The summed E-state index contributed by atoms with van der Waals surface area (Å²) in [6.07, 6.45) is -0.785. The third kappa shape index (κ3) is 2.78. The molecule has 1 atom stereocenters. The Kier molecular flexibility index (Phi) is 4.02. The molecule has 0 radical (unpaired) electrons. The summed E-state index contributed by atoms with van der Waals surface area (Å²) >= 11 is 7.99. The molecule has 0 aliphatic carbocycles. The highest BCUT2D eigenvalue weighted by Crippen LogP contribution is 2.34. The molecule has 1 heterocycles. The van der Waals surface area contributed by atoms with Gasteiger partial charge in [0, 0.05) is 14.2 Å². The zero-order chi connectivity index (χ0) is 12.6. The average molecular weight is 380 g/mol. The number of aliphatic hydroxyl groups is 1. The highest BCUT2D eigenvalue weighted by molar-refractivity contribution is 9.10. The molecule has 0 spiro atoms. The molecule has 1 unspecified atom stereocenters. The average Bonchev–Trinajstić information content (AvgIpc) is 2.62. The summed E-state index contributed by atoms with van der Waals surface area (Å²) in [7, 11) is 0. The van der Waals surface area contributed by atoms with Gasteiger partial charge in [-0.2, -0.15) is 0 Å². The van der Waals surface area contributed by atoms with Gasteiger partial charge in [-0.25, -0.2) is 4.39 Å². The van der Waals surface area contributed by atoms with E-state index in [2.05, 4.69) is 31.9 Å². The highest BCUT2D eigenvalue weighted by atomic mass is 79.9. The molecule has 0 saturated heterocycles.